The van der Waals surface area contributed by atoms with Crippen LogP contribution in [0, 0.1) is 5.92 Å². The molecule has 3 unspecified atom stereocenters. The fourth-order valence-corrected chi connectivity index (χ4v) is 6.94. The second-order valence-electron chi connectivity index (χ2n) is 9.61. The Morgan fingerprint density at radius 3 is 2.81 bits per heavy atom. The average Bonchev–Trinajstić information content (AvgIpc) is 3.32. The molecule has 5 atom stereocenters. The number of likely N-dealkylation sites (tertiary alicyclic amines) is 1. The van der Waals surface area contributed by atoms with Gasteiger partial charge in [-0.3, -0.25) is 4.79 Å². The summed E-state index contributed by atoms with van der Waals surface area (Å²) in [5.74, 6) is 1.42. The molecule has 3 fully saturated rings. The third-order valence-electron chi connectivity index (χ3n) is 8.28. The molecule has 2 heterocycles. The first-order chi connectivity index (χ1) is 12.4. The number of phenolic OH excluding ortho intramolecular Hbond substituents is 1. The zero-order valence-corrected chi connectivity index (χ0v) is 17.2. The van der Waals surface area contributed by atoms with Crippen molar-refractivity contribution >= 4 is 5.78 Å². The number of halogens is 1. The van der Waals surface area contributed by atoms with Crippen molar-refractivity contribution in [2.24, 2.45) is 5.92 Å². The van der Waals surface area contributed by atoms with E-state index < -0.39 is 17.1 Å². The number of phenols is 1. The van der Waals surface area contributed by atoms with Gasteiger partial charge in [-0.2, -0.15) is 0 Å². The number of carbonyl (C=O) groups is 1. The number of hydrogen-bond acceptors (Lipinski definition) is 4. The van der Waals surface area contributed by atoms with Crippen LogP contribution in [0.25, 0.3) is 0 Å². The Hall–Kier alpha value is -1.11. The quantitative estimate of drug-likeness (QED) is 0.565. The molecule has 2 aliphatic heterocycles. The van der Waals surface area contributed by atoms with E-state index >= 15 is 0 Å². The largest absolute Gasteiger partial charge is 1.00 e. The molecule has 3 aliphatic carbocycles. The van der Waals surface area contributed by atoms with Crippen LogP contribution in [0.2, 0.25) is 0 Å². The van der Waals surface area contributed by atoms with Crippen LogP contribution in [0.3, 0.4) is 0 Å². The summed E-state index contributed by atoms with van der Waals surface area (Å²) in [6.45, 7) is 2.09. The van der Waals surface area contributed by atoms with Crippen molar-refractivity contribution in [1.29, 1.82) is 0 Å². The van der Waals surface area contributed by atoms with Gasteiger partial charge < -0.3 is 36.4 Å². The highest BCUT2D eigenvalue weighted by atomic mass is 79.9. The van der Waals surface area contributed by atoms with Gasteiger partial charge in [-0.05, 0) is 30.9 Å². The molecule has 0 radical (unpaired) electrons. The van der Waals surface area contributed by atoms with Gasteiger partial charge in [0.15, 0.2) is 23.4 Å². The van der Waals surface area contributed by atoms with Crippen molar-refractivity contribution in [2.75, 3.05) is 20.1 Å². The number of quaternary nitrogens is 1. The van der Waals surface area contributed by atoms with Crippen LogP contribution in [0.1, 0.15) is 43.2 Å². The number of piperidine rings is 1. The number of ether oxygens (including phenoxy) is 1. The number of Topliss-reactive ketones (excluding diaryl/α,β-unsaturated/α-hetero) is 1. The number of aliphatic hydroxyl groups is 1. The van der Waals surface area contributed by atoms with Crippen LogP contribution in [-0.4, -0.2) is 58.4 Å². The van der Waals surface area contributed by atoms with E-state index in [1.807, 2.05) is 6.07 Å². The van der Waals surface area contributed by atoms with Gasteiger partial charge >= 0.3 is 0 Å². The Morgan fingerprint density at radius 1 is 1.30 bits per heavy atom. The minimum absolute atomic E-state index is 0. The van der Waals surface area contributed by atoms with E-state index in [9.17, 15) is 15.0 Å². The summed E-state index contributed by atoms with van der Waals surface area (Å²) in [7, 11) is 2.31. The predicted molar refractivity (Wildman–Crippen MR) is 94.1 cm³/mol. The van der Waals surface area contributed by atoms with E-state index in [0.717, 1.165) is 47.5 Å². The fourth-order valence-electron chi connectivity index (χ4n) is 6.94. The maximum absolute atomic E-state index is 12.8. The predicted octanol–water partition coefficient (Wildman–Crippen LogP) is -1.33. The number of rotatable bonds is 2. The minimum Gasteiger partial charge on any atom is -1.00 e. The van der Waals surface area contributed by atoms with Crippen LogP contribution in [-0.2, 0) is 16.6 Å². The van der Waals surface area contributed by atoms with E-state index in [4.69, 9.17) is 4.74 Å². The Balaban J connectivity index is 0.00000160. The van der Waals surface area contributed by atoms with Gasteiger partial charge in [0.2, 0.25) is 0 Å². The molecule has 0 aromatic heterocycles. The van der Waals surface area contributed by atoms with Crippen molar-refractivity contribution < 1.29 is 41.2 Å². The molecule has 2 bridgehead atoms. The van der Waals surface area contributed by atoms with Gasteiger partial charge in [0, 0.05) is 30.7 Å². The van der Waals surface area contributed by atoms with Gasteiger partial charge in [0.05, 0.1) is 25.6 Å². The van der Waals surface area contributed by atoms with Crippen molar-refractivity contribution in [1.82, 2.24) is 0 Å². The lowest BCUT2D eigenvalue weighted by Gasteiger charge is -2.64. The number of ketones is 1. The third-order valence-corrected chi connectivity index (χ3v) is 8.28. The maximum Gasteiger partial charge on any atom is 0.174 e. The topological polar surface area (TPSA) is 66.8 Å². The van der Waals surface area contributed by atoms with E-state index in [-0.39, 0.29) is 34.6 Å². The molecule has 2 saturated carbocycles. The lowest BCUT2D eigenvalue weighted by Crippen LogP contribution is -3.00. The van der Waals surface area contributed by atoms with Crippen LogP contribution in [0.5, 0.6) is 11.5 Å². The summed E-state index contributed by atoms with van der Waals surface area (Å²) >= 11 is 0. The molecule has 2 N–H and O–H groups in total. The Labute approximate surface area is 169 Å². The highest BCUT2D eigenvalue weighted by Gasteiger charge is 2.76. The molecule has 1 spiro atoms. The molecule has 1 aromatic carbocycles. The third kappa shape index (κ3) is 1.94. The highest BCUT2D eigenvalue weighted by Crippen LogP contribution is 2.65. The van der Waals surface area contributed by atoms with Crippen molar-refractivity contribution in [3.8, 4) is 11.5 Å². The Kier molecular flexibility index (Phi) is 3.51. The zero-order chi connectivity index (χ0) is 17.9. The smallest absolute Gasteiger partial charge is 0.174 e. The number of likely N-dealkylation sites (N-methyl/N-ethyl adjacent to an activating group) is 1. The first-order valence-electron chi connectivity index (χ1n) is 10.0. The fraction of sp³-hybridized carbons (Fsp3) is 0.667. The van der Waals surface area contributed by atoms with Crippen molar-refractivity contribution in [3.05, 3.63) is 23.3 Å². The van der Waals surface area contributed by atoms with E-state index in [1.165, 1.54) is 12.8 Å². The van der Waals surface area contributed by atoms with Crippen LogP contribution >= 0.6 is 0 Å². The first-order valence-corrected chi connectivity index (χ1v) is 10.0. The number of hydrogen-bond donors (Lipinski definition) is 2. The Morgan fingerprint density at radius 2 is 2.07 bits per heavy atom. The summed E-state index contributed by atoms with van der Waals surface area (Å²) in [6, 6.07) is 3.77. The Bertz CT molecular complexity index is 855. The van der Waals surface area contributed by atoms with Crippen LogP contribution < -0.4 is 21.7 Å². The standard InChI is InChI=1S/C21H25NO4.BrH/c1-22(11-12-2-3-12)9-8-20-17-13-4-5-14(23)18(17)26-19(20)15(24)6-7-21(20,25)16(22)10-13;/h4-5,12,16,19,25H,2-3,6-11H2,1H3;1H/t16?,19?,20-,21+,22?;/m0./s1. The van der Waals surface area contributed by atoms with E-state index in [0.29, 0.717) is 18.6 Å². The molecular formula is C21H26BrNO4. The molecule has 1 aromatic rings. The molecule has 6 rings (SSSR count). The van der Waals surface area contributed by atoms with Crippen LogP contribution in [0.15, 0.2) is 12.1 Å². The number of benzene rings is 1. The van der Waals surface area contributed by atoms with Crippen molar-refractivity contribution in [3.63, 3.8) is 0 Å². The van der Waals surface area contributed by atoms with Crippen LogP contribution in [0.4, 0.5) is 0 Å². The molecule has 146 valence electrons. The lowest BCUT2D eigenvalue weighted by atomic mass is 9.48. The van der Waals surface area contributed by atoms with Gasteiger partial charge in [-0.25, -0.2) is 0 Å². The first kappa shape index (κ1) is 18.0. The van der Waals surface area contributed by atoms with Crippen molar-refractivity contribution in [2.45, 2.75) is 61.7 Å². The molecule has 6 heteroatoms. The summed E-state index contributed by atoms with van der Waals surface area (Å²) in [6.07, 6.45) is 4.42. The normalized spacial score (nSPS) is 43.6. The lowest BCUT2D eigenvalue weighted by molar-refractivity contribution is -0.950. The van der Waals surface area contributed by atoms with Gasteiger partial charge in [0.25, 0.3) is 0 Å². The summed E-state index contributed by atoms with van der Waals surface area (Å²) in [5.41, 5.74) is 0.492. The molecular weight excluding hydrogens is 410 g/mol. The summed E-state index contributed by atoms with van der Waals surface area (Å²) in [4.78, 5) is 12.8. The van der Waals surface area contributed by atoms with E-state index in [2.05, 4.69) is 7.05 Å². The monoisotopic (exact) mass is 435 g/mol. The maximum atomic E-state index is 12.8. The second-order valence-corrected chi connectivity index (χ2v) is 9.61. The molecule has 27 heavy (non-hydrogen) atoms. The van der Waals surface area contributed by atoms with Gasteiger partial charge in [-0.1, -0.05) is 6.07 Å². The molecule has 5 nitrogen and oxygen atoms in total. The number of aromatic hydroxyl groups is 1. The molecule has 1 saturated heterocycles. The zero-order valence-electron chi connectivity index (χ0n) is 15.6. The number of nitrogens with zero attached hydrogens (tertiary/aromatic N) is 1. The van der Waals surface area contributed by atoms with E-state index in [1.54, 1.807) is 6.07 Å². The highest BCUT2D eigenvalue weighted by molar-refractivity contribution is 5.90. The SMILES string of the molecule is C[N+]1(CC2CC2)CC[C@]23c4c5ccc(O)c4OC2C(=O)CC[C@@]3(O)C1C5.[Br-]. The molecule has 0 amide bonds. The van der Waals surface area contributed by atoms with Gasteiger partial charge in [-0.15, -0.1) is 0 Å². The van der Waals surface area contributed by atoms with Gasteiger partial charge in [0.1, 0.15) is 11.6 Å². The summed E-state index contributed by atoms with van der Waals surface area (Å²) < 4.78 is 6.98. The minimum atomic E-state index is -0.931. The number of carbonyl (C=O) groups excluding carboxylic acids is 1. The summed E-state index contributed by atoms with van der Waals surface area (Å²) in [5, 5.41) is 22.5. The average molecular weight is 436 g/mol. The second kappa shape index (κ2) is 5.28. The molecule has 5 aliphatic rings.